The van der Waals surface area contributed by atoms with Gasteiger partial charge in [-0.15, -0.1) is 0 Å². The predicted octanol–water partition coefficient (Wildman–Crippen LogP) is 3.36. The van der Waals surface area contributed by atoms with Crippen molar-refractivity contribution in [2.45, 2.75) is 6.61 Å². The van der Waals surface area contributed by atoms with Gasteiger partial charge < -0.3 is 9.47 Å². The van der Waals surface area contributed by atoms with E-state index < -0.39 is 6.09 Å². The van der Waals surface area contributed by atoms with Crippen LogP contribution in [0.4, 0.5) is 10.5 Å². The standard InChI is InChI=1S/C17H16N2O3/c1-21-16-9-7-15(8-10-16)19(12-11-18)17(20)22-13-14-5-3-2-4-6-14/h2-10H,12-13H2,1H3. The Morgan fingerprint density at radius 2 is 1.82 bits per heavy atom. The SMILES string of the molecule is COc1ccc(N(CC#N)C(=O)OCc2ccccc2)cc1. The van der Waals surface area contributed by atoms with Crippen molar-refractivity contribution in [3.8, 4) is 11.8 Å². The predicted molar refractivity (Wildman–Crippen MR) is 82.6 cm³/mol. The van der Waals surface area contributed by atoms with E-state index in [2.05, 4.69) is 0 Å². The molecule has 0 aliphatic heterocycles. The molecular formula is C17H16N2O3. The Morgan fingerprint density at radius 1 is 1.14 bits per heavy atom. The summed E-state index contributed by atoms with van der Waals surface area (Å²) in [6.45, 7) is 0.0811. The molecule has 5 heteroatoms. The minimum absolute atomic E-state index is 0.0834. The number of amides is 1. The Bertz CT molecular complexity index is 648. The van der Waals surface area contributed by atoms with Crippen molar-refractivity contribution in [1.29, 1.82) is 5.26 Å². The van der Waals surface area contributed by atoms with Crippen LogP contribution in [0.15, 0.2) is 54.6 Å². The average molecular weight is 296 g/mol. The van der Waals surface area contributed by atoms with Crippen molar-refractivity contribution in [3.05, 3.63) is 60.2 Å². The van der Waals surface area contributed by atoms with Crippen LogP contribution < -0.4 is 9.64 Å². The lowest BCUT2D eigenvalue weighted by Crippen LogP contribution is -2.31. The van der Waals surface area contributed by atoms with E-state index in [4.69, 9.17) is 14.7 Å². The summed E-state index contributed by atoms with van der Waals surface area (Å²) < 4.78 is 10.3. The zero-order valence-corrected chi connectivity index (χ0v) is 12.2. The van der Waals surface area contributed by atoms with Gasteiger partial charge in [-0.25, -0.2) is 4.79 Å². The number of benzene rings is 2. The van der Waals surface area contributed by atoms with Crippen molar-refractivity contribution in [3.63, 3.8) is 0 Å². The number of carbonyl (C=O) groups excluding carboxylic acids is 1. The maximum absolute atomic E-state index is 12.2. The summed E-state index contributed by atoms with van der Waals surface area (Å²) in [6, 6.07) is 18.2. The molecule has 0 unspecified atom stereocenters. The monoisotopic (exact) mass is 296 g/mol. The zero-order valence-electron chi connectivity index (χ0n) is 12.2. The average Bonchev–Trinajstić information content (AvgIpc) is 2.58. The molecule has 2 rings (SSSR count). The van der Waals surface area contributed by atoms with E-state index >= 15 is 0 Å². The minimum atomic E-state index is -0.560. The summed E-state index contributed by atoms with van der Waals surface area (Å²) in [4.78, 5) is 13.5. The number of rotatable bonds is 5. The van der Waals surface area contributed by atoms with Gasteiger partial charge in [-0.05, 0) is 29.8 Å². The van der Waals surface area contributed by atoms with E-state index in [-0.39, 0.29) is 13.2 Å². The van der Waals surface area contributed by atoms with Gasteiger partial charge in [0.2, 0.25) is 0 Å². The molecule has 22 heavy (non-hydrogen) atoms. The zero-order chi connectivity index (χ0) is 15.8. The molecule has 0 aliphatic carbocycles. The third-order valence-electron chi connectivity index (χ3n) is 3.04. The highest BCUT2D eigenvalue weighted by Crippen LogP contribution is 2.20. The molecule has 0 N–H and O–H groups in total. The van der Waals surface area contributed by atoms with Gasteiger partial charge in [0.1, 0.15) is 18.9 Å². The third-order valence-corrected chi connectivity index (χ3v) is 3.04. The molecule has 0 radical (unpaired) electrons. The summed E-state index contributed by atoms with van der Waals surface area (Å²) in [6.07, 6.45) is -0.560. The smallest absolute Gasteiger partial charge is 0.415 e. The first-order chi connectivity index (χ1) is 10.7. The molecule has 0 saturated carbocycles. The molecule has 2 aromatic rings. The van der Waals surface area contributed by atoms with Crippen molar-refractivity contribution in [1.82, 2.24) is 0 Å². The number of carbonyl (C=O) groups is 1. The number of methoxy groups -OCH3 is 1. The van der Waals surface area contributed by atoms with Crippen molar-refractivity contribution < 1.29 is 14.3 Å². The highest BCUT2D eigenvalue weighted by Gasteiger charge is 2.17. The fourth-order valence-corrected chi connectivity index (χ4v) is 1.89. The van der Waals surface area contributed by atoms with Gasteiger partial charge in [0.05, 0.1) is 13.2 Å². The van der Waals surface area contributed by atoms with Crippen LogP contribution >= 0.6 is 0 Å². The van der Waals surface area contributed by atoms with E-state index in [9.17, 15) is 4.79 Å². The second-order valence-corrected chi connectivity index (χ2v) is 4.48. The van der Waals surface area contributed by atoms with Crippen LogP contribution in [0.2, 0.25) is 0 Å². The molecule has 0 bridgehead atoms. The lowest BCUT2D eigenvalue weighted by molar-refractivity contribution is 0.148. The van der Waals surface area contributed by atoms with Crippen LogP contribution in [-0.2, 0) is 11.3 Å². The molecule has 112 valence electrons. The summed E-state index contributed by atoms with van der Waals surface area (Å²) in [5, 5.41) is 8.91. The highest BCUT2D eigenvalue weighted by atomic mass is 16.6. The second kappa shape index (κ2) is 7.70. The fourth-order valence-electron chi connectivity index (χ4n) is 1.89. The first kappa shape index (κ1) is 15.4. The summed E-state index contributed by atoms with van der Waals surface area (Å²) in [7, 11) is 1.57. The largest absolute Gasteiger partial charge is 0.497 e. The molecule has 0 atom stereocenters. The van der Waals surface area contributed by atoms with Crippen LogP contribution in [0.3, 0.4) is 0 Å². The minimum Gasteiger partial charge on any atom is -0.497 e. The Morgan fingerprint density at radius 3 is 2.41 bits per heavy atom. The first-order valence-electron chi connectivity index (χ1n) is 6.74. The van der Waals surface area contributed by atoms with Crippen LogP contribution in [0, 0.1) is 11.3 Å². The highest BCUT2D eigenvalue weighted by molar-refractivity contribution is 5.88. The van der Waals surface area contributed by atoms with Gasteiger partial charge in [0.25, 0.3) is 0 Å². The fraction of sp³-hybridized carbons (Fsp3) is 0.176. The van der Waals surface area contributed by atoms with Crippen molar-refractivity contribution in [2.24, 2.45) is 0 Å². The molecule has 0 heterocycles. The molecule has 5 nitrogen and oxygen atoms in total. The first-order valence-corrected chi connectivity index (χ1v) is 6.74. The van der Waals surface area contributed by atoms with E-state index in [1.165, 1.54) is 4.90 Å². The van der Waals surface area contributed by atoms with Crippen LogP contribution in [-0.4, -0.2) is 19.7 Å². The molecular weight excluding hydrogens is 280 g/mol. The van der Waals surface area contributed by atoms with Gasteiger partial charge in [0.15, 0.2) is 0 Å². The summed E-state index contributed by atoms with van der Waals surface area (Å²) in [5.74, 6) is 0.679. The normalized spacial score (nSPS) is 9.64. The number of ether oxygens (including phenoxy) is 2. The van der Waals surface area contributed by atoms with Crippen LogP contribution in [0.5, 0.6) is 5.75 Å². The van der Waals surface area contributed by atoms with E-state index in [1.807, 2.05) is 36.4 Å². The maximum atomic E-state index is 12.2. The van der Waals surface area contributed by atoms with E-state index in [1.54, 1.807) is 31.4 Å². The molecule has 2 aromatic carbocycles. The summed E-state index contributed by atoms with van der Waals surface area (Å²) >= 11 is 0. The Kier molecular flexibility index (Phi) is 5.38. The van der Waals surface area contributed by atoms with Gasteiger partial charge in [0, 0.05) is 5.69 Å². The van der Waals surface area contributed by atoms with Crippen LogP contribution in [0.1, 0.15) is 5.56 Å². The topological polar surface area (TPSA) is 62.6 Å². The maximum Gasteiger partial charge on any atom is 0.415 e. The number of nitriles is 1. The lowest BCUT2D eigenvalue weighted by atomic mass is 10.2. The summed E-state index contributed by atoms with van der Waals surface area (Å²) in [5.41, 5.74) is 1.47. The quantitative estimate of drug-likeness (QED) is 0.794. The van der Waals surface area contributed by atoms with E-state index in [0.717, 1.165) is 5.56 Å². The number of nitrogens with zero attached hydrogens (tertiary/aromatic N) is 2. The molecule has 0 spiro atoms. The van der Waals surface area contributed by atoms with Gasteiger partial charge in [-0.3, -0.25) is 4.90 Å². The van der Waals surface area contributed by atoms with Gasteiger partial charge >= 0.3 is 6.09 Å². The second-order valence-electron chi connectivity index (χ2n) is 4.48. The Balaban J connectivity index is 2.06. The lowest BCUT2D eigenvalue weighted by Gasteiger charge is -2.19. The molecule has 0 aliphatic rings. The molecule has 1 amide bonds. The van der Waals surface area contributed by atoms with Crippen molar-refractivity contribution >= 4 is 11.8 Å². The van der Waals surface area contributed by atoms with Crippen LogP contribution in [0.25, 0.3) is 0 Å². The third kappa shape index (κ3) is 4.00. The van der Waals surface area contributed by atoms with Gasteiger partial charge in [-0.2, -0.15) is 5.26 Å². The number of hydrogen-bond acceptors (Lipinski definition) is 4. The van der Waals surface area contributed by atoms with E-state index in [0.29, 0.717) is 11.4 Å². The Labute approximate surface area is 129 Å². The van der Waals surface area contributed by atoms with Gasteiger partial charge in [-0.1, -0.05) is 30.3 Å². The molecule has 0 fully saturated rings. The molecule has 0 saturated heterocycles. The number of anilines is 1. The molecule has 0 aromatic heterocycles. The van der Waals surface area contributed by atoms with Crippen molar-refractivity contribution in [2.75, 3.05) is 18.6 Å². The Hall–Kier alpha value is -3.00. The number of hydrogen-bond donors (Lipinski definition) is 0.